The molecule has 0 saturated heterocycles. The van der Waals surface area contributed by atoms with Crippen molar-refractivity contribution in [3.05, 3.63) is 0 Å². The predicted octanol–water partition coefficient (Wildman–Crippen LogP) is -3.30. The first-order chi connectivity index (χ1) is 18.9. The molecule has 1 unspecified atom stereocenters. The highest BCUT2D eigenvalue weighted by Crippen LogP contribution is 2.90. The van der Waals surface area contributed by atoms with Crippen LogP contribution in [0.2, 0.25) is 0 Å². The second-order valence-electron chi connectivity index (χ2n) is 9.79. The Balaban J connectivity index is 5.48. The molecule has 26 nitrogen and oxygen atoms in total. The van der Waals surface area contributed by atoms with Crippen LogP contribution >= 0.6 is 60.8 Å². The van der Waals surface area contributed by atoms with Gasteiger partial charge in [0.25, 0.3) is 0 Å². The summed E-state index contributed by atoms with van der Waals surface area (Å²) in [6.07, 6.45) is -4.52. The maximum Gasteiger partial charge on any atom is 0.341 e. The van der Waals surface area contributed by atoms with Gasteiger partial charge < -0.3 is 78.3 Å². The Kier molecular flexibility index (Phi) is 12.5. The Hall–Kier alpha value is 1.12. The van der Waals surface area contributed by atoms with Gasteiger partial charge in [-0.1, -0.05) is 6.42 Å². The van der Waals surface area contributed by atoms with Gasteiger partial charge in [0.1, 0.15) is 0 Å². The van der Waals surface area contributed by atoms with Crippen LogP contribution in [0.15, 0.2) is 0 Å². The second-order valence-corrected chi connectivity index (χ2v) is 25.0. The van der Waals surface area contributed by atoms with Crippen LogP contribution in [0.3, 0.4) is 0 Å². The molecule has 44 heavy (non-hydrogen) atoms. The third kappa shape index (κ3) is 8.11. The zero-order valence-corrected chi connectivity index (χ0v) is 28.2. The van der Waals surface area contributed by atoms with Gasteiger partial charge in [0, 0.05) is 16.9 Å². The van der Waals surface area contributed by atoms with Gasteiger partial charge in [0.05, 0.1) is 0 Å². The number of hydrogen-bond donors (Lipinski definition) is 18. The number of nitrogens with one attached hydrogen (secondary N) is 1. The van der Waals surface area contributed by atoms with Crippen molar-refractivity contribution in [3.8, 4) is 0 Å². The molecular formula is C10H30N2O24P8. The van der Waals surface area contributed by atoms with E-state index in [2.05, 4.69) is 0 Å². The molecule has 19 N–H and O–H groups in total. The van der Waals surface area contributed by atoms with Gasteiger partial charge in [-0.25, -0.2) is 0 Å². The van der Waals surface area contributed by atoms with Crippen molar-refractivity contribution in [1.82, 2.24) is 5.43 Å². The third-order valence-corrected chi connectivity index (χ3v) is 22.9. The molecule has 0 heterocycles. The molecular weight excluding hydrogens is 780 g/mol. The maximum absolute atomic E-state index is 12.9. The Bertz CT molecular complexity index is 1300. The number of hydrogen-bond acceptors (Lipinski definition) is 10. The van der Waals surface area contributed by atoms with Crippen LogP contribution in [0.4, 0.5) is 0 Å². The minimum atomic E-state index is -7.20. The summed E-state index contributed by atoms with van der Waals surface area (Å²) in [5.74, 6) is 5.25. The smallest absolute Gasteiger partial charge is 0.324 e. The Labute approximate surface area is 244 Å². The largest absolute Gasteiger partial charge is 0.341 e. The van der Waals surface area contributed by atoms with Gasteiger partial charge in [-0.15, -0.1) is 0 Å². The van der Waals surface area contributed by atoms with E-state index in [0.29, 0.717) is 0 Å². The molecule has 264 valence electrons. The first-order valence-electron chi connectivity index (χ1n) is 10.8. The van der Waals surface area contributed by atoms with Gasteiger partial charge in [0.15, 0.2) is 21.6 Å². The average molecular weight is 810 g/mol. The van der Waals surface area contributed by atoms with Crippen LogP contribution in [0.25, 0.3) is 0 Å². The molecule has 0 spiro atoms. The molecule has 0 aromatic heterocycles. The van der Waals surface area contributed by atoms with Crippen LogP contribution in [0.1, 0.15) is 19.3 Å². The van der Waals surface area contributed by atoms with Crippen molar-refractivity contribution in [2.75, 3.05) is 0 Å². The molecule has 1 aliphatic rings. The zero-order valence-electron chi connectivity index (χ0n) is 21.1. The summed E-state index contributed by atoms with van der Waals surface area (Å²) in [5.41, 5.74) is -8.88. The van der Waals surface area contributed by atoms with Gasteiger partial charge in [0.2, 0.25) is 0 Å². The molecule has 0 bridgehead atoms. The minimum Gasteiger partial charge on any atom is -0.324 e. The first kappa shape index (κ1) is 43.1. The molecule has 0 aromatic rings. The Morgan fingerprint density at radius 3 is 0.886 bits per heavy atom. The van der Waals surface area contributed by atoms with Crippen molar-refractivity contribution in [2.24, 2.45) is 16.7 Å². The van der Waals surface area contributed by atoms with Crippen LogP contribution in [0, 0.1) is 10.8 Å². The standard InChI is InChI=1S/C10H30N2O24P8/c11-12-4-2-1-3-9(5(37(13,14)15)38(16,17)18,6(39(19,20)21)40(22,23)24)10(4,7(41(25,26)27)42(28,29)30)8(43(31,32)33)44(34,35)36/h4-8,12H,1-3,11H2,(H2,13,14,15)(H2,16,17,18)(H2,19,20,21)(H2,22,23,24)(H2,25,26,27)(H2,28,29,30)(H2,31,32,33)(H2,34,35,36). The maximum atomic E-state index is 12.9. The fourth-order valence-electron chi connectivity index (χ4n) is 6.51. The highest BCUT2D eigenvalue weighted by molar-refractivity contribution is 7.74. The fraction of sp³-hybridized carbons (Fsp3) is 1.00. The lowest BCUT2D eigenvalue weighted by molar-refractivity contribution is -0.0358. The van der Waals surface area contributed by atoms with E-state index in [1.54, 1.807) is 0 Å². The molecule has 0 radical (unpaired) electrons. The molecule has 1 fully saturated rings. The average Bonchev–Trinajstić information content (AvgIpc) is 2.60. The van der Waals surface area contributed by atoms with E-state index in [1.165, 1.54) is 5.43 Å². The van der Waals surface area contributed by atoms with E-state index in [-0.39, 0.29) is 0 Å². The lowest BCUT2D eigenvalue weighted by Crippen LogP contribution is -2.73. The molecule has 0 aromatic carbocycles. The summed E-state index contributed by atoms with van der Waals surface area (Å²) >= 11 is 0. The van der Waals surface area contributed by atoms with E-state index in [0.717, 1.165) is 0 Å². The molecule has 1 saturated carbocycles. The van der Waals surface area contributed by atoms with E-state index in [4.69, 9.17) is 5.84 Å². The Morgan fingerprint density at radius 2 is 0.705 bits per heavy atom. The number of rotatable bonds is 13. The minimum absolute atomic E-state index is 1.17. The van der Waals surface area contributed by atoms with E-state index >= 15 is 0 Å². The fourth-order valence-corrected chi connectivity index (χ4v) is 22.6. The number of hydrazine groups is 1. The van der Waals surface area contributed by atoms with Gasteiger partial charge in [-0.2, -0.15) is 0 Å². The zero-order chi connectivity index (χ0) is 35.7. The molecule has 34 heteroatoms. The quantitative estimate of drug-likeness (QED) is 0.0492. The summed E-state index contributed by atoms with van der Waals surface area (Å²) in [6, 6.07) is -3.15. The van der Waals surface area contributed by atoms with E-state index < -0.39 is 119 Å². The molecule has 0 amide bonds. The third-order valence-electron chi connectivity index (χ3n) is 6.99. The van der Waals surface area contributed by atoms with Crippen LogP contribution < -0.4 is 11.3 Å². The first-order valence-corrected chi connectivity index (χ1v) is 24.2. The van der Waals surface area contributed by atoms with Gasteiger partial charge >= 0.3 is 60.8 Å². The molecule has 1 aliphatic carbocycles. The van der Waals surface area contributed by atoms with Crippen molar-refractivity contribution in [3.63, 3.8) is 0 Å². The molecule has 1 rings (SSSR count). The van der Waals surface area contributed by atoms with Gasteiger partial charge in [-0.3, -0.25) is 47.8 Å². The van der Waals surface area contributed by atoms with Crippen LogP contribution in [-0.4, -0.2) is 106 Å². The Morgan fingerprint density at radius 1 is 0.477 bits per heavy atom. The summed E-state index contributed by atoms with van der Waals surface area (Å²) in [6.45, 7) is 0. The molecule has 1 atom stereocenters. The van der Waals surface area contributed by atoms with Crippen molar-refractivity contribution < 1.29 is 115 Å². The van der Waals surface area contributed by atoms with Gasteiger partial charge in [-0.05, 0) is 12.8 Å². The predicted molar refractivity (Wildman–Crippen MR) is 141 cm³/mol. The summed E-state index contributed by atoms with van der Waals surface area (Å²) in [4.78, 5) is 163. The summed E-state index contributed by atoms with van der Waals surface area (Å²) in [5, 5.41) is -18.4. The van der Waals surface area contributed by atoms with E-state index in [1.807, 2.05) is 0 Å². The van der Waals surface area contributed by atoms with Crippen molar-refractivity contribution in [2.45, 2.75) is 46.9 Å². The van der Waals surface area contributed by atoms with E-state index in [9.17, 15) is 115 Å². The summed E-state index contributed by atoms with van der Waals surface area (Å²) in [7, 11) is -57.4. The monoisotopic (exact) mass is 810 g/mol. The normalized spacial score (nSPS) is 21.4. The lowest BCUT2D eigenvalue weighted by Gasteiger charge is -2.65. The van der Waals surface area contributed by atoms with Crippen molar-refractivity contribution in [1.29, 1.82) is 0 Å². The molecule has 0 aliphatic heterocycles. The van der Waals surface area contributed by atoms with Crippen LogP contribution in [0.5, 0.6) is 0 Å². The topological polar surface area (TPSA) is 498 Å². The number of nitrogens with two attached hydrogens (primary N) is 1. The highest BCUT2D eigenvalue weighted by Gasteiger charge is 2.86. The SMILES string of the molecule is NNC1CCCC(C(P(=O)(O)O)P(=O)(O)O)(C(P(=O)(O)O)P(=O)(O)O)C1(C(P(=O)(O)O)P(=O)(O)O)C(P(=O)(O)O)P(=O)(O)O. The van der Waals surface area contributed by atoms with Crippen LogP contribution in [-0.2, 0) is 36.5 Å². The summed E-state index contributed by atoms with van der Waals surface area (Å²) < 4.78 is 103. The second kappa shape index (κ2) is 12.8. The highest BCUT2D eigenvalue weighted by atomic mass is 31.3. The lowest BCUT2D eigenvalue weighted by atomic mass is 9.56. The van der Waals surface area contributed by atoms with Crippen molar-refractivity contribution >= 4 is 60.8 Å².